The van der Waals surface area contributed by atoms with E-state index in [0.29, 0.717) is 6.42 Å². The van der Waals surface area contributed by atoms with Gasteiger partial charge in [-0.05, 0) is 27.7 Å². The van der Waals surface area contributed by atoms with Gasteiger partial charge in [-0.3, -0.25) is 9.59 Å². The number of carbonyl (C=O) groups is 4. The first kappa shape index (κ1) is 49.5. The molecule has 0 heterocycles. The van der Waals surface area contributed by atoms with E-state index in [9.17, 15) is 19.2 Å². The molecule has 0 saturated carbocycles. The lowest BCUT2D eigenvalue weighted by molar-refractivity contribution is -0.138. The maximum Gasteiger partial charge on any atom is 0.302 e. The number of rotatable bonds is 3. The molecule has 0 saturated heterocycles. The van der Waals surface area contributed by atoms with Gasteiger partial charge in [-0.15, -0.1) is 0 Å². The third kappa shape index (κ3) is 261. The summed E-state index contributed by atoms with van der Waals surface area (Å²) in [5.41, 5.74) is 0. The van der Waals surface area contributed by atoms with Crippen LogP contribution in [0.4, 0.5) is 0 Å². The van der Waals surface area contributed by atoms with Gasteiger partial charge in [0.05, 0.1) is 7.11 Å². The quantitative estimate of drug-likeness (QED) is 0.691. The molecule has 0 unspecified atom stereocenters. The van der Waals surface area contributed by atoms with E-state index >= 15 is 0 Å². The van der Waals surface area contributed by atoms with Crippen molar-refractivity contribution in [2.75, 3.05) is 20.8 Å². The molecule has 0 atom stereocenters. The van der Waals surface area contributed by atoms with E-state index in [2.05, 4.69) is 9.47 Å². The van der Waals surface area contributed by atoms with Crippen LogP contribution in [-0.2, 0) is 28.7 Å². The van der Waals surface area contributed by atoms with Crippen molar-refractivity contribution in [3.05, 3.63) is 0 Å². The normalized spacial score (nSPS) is 6.17. The molecule has 0 aliphatic rings. The molecule has 152 valence electrons. The minimum Gasteiger partial charge on any atom is -0.469 e. The Morgan fingerprint density at radius 3 is 0.917 bits per heavy atom. The molecule has 0 N–H and O–H groups in total. The van der Waals surface area contributed by atoms with Crippen molar-refractivity contribution in [1.82, 2.24) is 0 Å². The maximum absolute atomic E-state index is 9.92. The Morgan fingerprint density at radius 2 is 0.917 bits per heavy atom. The molecule has 6 nitrogen and oxygen atoms in total. The van der Waals surface area contributed by atoms with Crippen molar-refractivity contribution in [2.45, 2.75) is 77.7 Å². The molecule has 0 aliphatic heterocycles. The van der Waals surface area contributed by atoms with Crippen LogP contribution in [0.1, 0.15) is 77.7 Å². The molecule has 0 spiro atoms. The Hall–Kier alpha value is -1.56. The monoisotopic (exact) mass is 356 g/mol. The molecule has 0 aromatic rings. The minimum atomic E-state index is -0.245. The molecule has 0 amide bonds. The predicted octanol–water partition coefficient (Wildman–Crippen LogP) is 4.53. The first-order valence-corrected chi connectivity index (χ1v) is 6.04. The number of hydrogen-bond acceptors (Lipinski definition) is 6. The van der Waals surface area contributed by atoms with Crippen molar-refractivity contribution in [3.8, 4) is 0 Å². The van der Waals surface area contributed by atoms with Gasteiger partial charge in [0.2, 0.25) is 0 Å². The maximum atomic E-state index is 9.92. The molecular weight excluding hydrogens is 312 g/mol. The summed E-state index contributed by atoms with van der Waals surface area (Å²) in [6.07, 6.45) is 0.667. The van der Waals surface area contributed by atoms with E-state index in [0.717, 1.165) is 0 Å². The molecule has 0 bridgehead atoms. The molecular formula is C18H44O6. The third-order valence-corrected chi connectivity index (χ3v) is 1.13. The zero-order valence-corrected chi connectivity index (χ0v) is 13.9. The largest absolute Gasteiger partial charge is 0.469 e. The molecule has 24 heavy (non-hydrogen) atoms. The Kier molecular flexibility index (Phi) is 88.5. The molecule has 6 heteroatoms. The van der Waals surface area contributed by atoms with Gasteiger partial charge in [-0.2, -0.15) is 0 Å². The summed E-state index contributed by atoms with van der Waals surface area (Å²) in [5, 5.41) is 0. The smallest absolute Gasteiger partial charge is 0.302 e. The van der Waals surface area contributed by atoms with Gasteiger partial charge < -0.3 is 19.1 Å². The summed E-state index contributed by atoms with van der Waals surface area (Å²) >= 11 is 0. The number of hydrogen-bond donors (Lipinski definition) is 0. The van der Waals surface area contributed by atoms with Gasteiger partial charge in [-0.1, -0.05) is 36.6 Å². The topological polar surface area (TPSA) is 86.7 Å². The fourth-order valence-electron chi connectivity index (χ4n) is 0.203. The lowest BCUT2D eigenvalue weighted by Gasteiger charge is -1.84. The average molecular weight is 357 g/mol. The van der Waals surface area contributed by atoms with Crippen LogP contribution in [0.5, 0.6) is 0 Å². The standard InChI is InChI=1S/C4H8O2.C4H8O.C3H6O2.C3H6O.4CH4/c1-4(5)3-6-2;1-3-4(2)5;1-3(4)5-2;1-3(2)4;;;;/h3H2,1-2H3;3H2,1-2H3;1-2H3;1-2H3;4*1H4. The number of esters is 1. The van der Waals surface area contributed by atoms with Crippen molar-refractivity contribution in [2.24, 2.45) is 0 Å². The fraction of sp³-hybridized carbons (Fsp3) is 0.778. The molecule has 0 aromatic carbocycles. The van der Waals surface area contributed by atoms with Gasteiger partial charge >= 0.3 is 5.97 Å². The number of Topliss-reactive ketones (excluding diaryl/α,β-unsaturated/α-hetero) is 3. The molecule has 0 fully saturated rings. The molecule has 0 aromatic heterocycles. The number of methoxy groups -OCH3 is 2. The van der Waals surface area contributed by atoms with Crippen LogP contribution in [0, 0.1) is 0 Å². The van der Waals surface area contributed by atoms with Gasteiger partial charge in [0.25, 0.3) is 0 Å². The first-order valence-electron chi connectivity index (χ1n) is 6.04. The second kappa shape index (κ2) is 43.0. The predicted molar refractivity (Wildman–Crippen MR) is 104 cm³/mol. The fourth-order valence-corrected chi connectivity index (χ4v) is 0.203. The van der Waals surface area contributed by atoms with Crippen molar-refractivity contribution in [1.29, 1.82) is 0 Å². The van der Waals surface area contributed by atoms with E-state index in [1.54, 1.807) is 6.92 Å². The Morgan fingerprint density at radius 1 is 0.708 bits per heavy atom. The van der Waals surface area contributed by atoms with Crippen molar-refractivity contribution < 1.29 is 28.7 Å². The van der Waals surface area contributed by atoms with Crippen LogP contribution in [0.15, 0.2) is 0 Å². The second-order valence-electron chi connectivity index (χ2n) is 3.79. The van der Waals surface area contributed by atoms with Crippen LogP contribution < -0.4 is 0 Å². The lowest BCUT2D eigenvalue weighted by atomic mass is 10.4. The molecule has 0 rings (SSSR count). The van der Waals surface area contributed by atoms with E-state index in [-0.39, 0.29) is 59.6 Å². The van der Waals surface area contributed by atoms with Gasteiger partial charge in [0.15, 0.2) is 5.78 Å². The van der Waals surface area contributed by atoms with Crippen molar-refractivity contribution >= 4 is 23.3 Å². The van der Waals surface area contributed by atoms with E-state index < -0.39 is 0 Å². The van der Waals surface area contributed by atoms with Crippen LogP contribution >= 0.6 is 0 Å². The minimum absolute atomic E-state index is 0. The zero-order chi connectivity index (χ0) is 17.1. The van der Waals surface area contributed by atoms with Gasteiger partial charge in [0, 0.05) is 20.5 Å². The number of ether oxygens (including phenoxy) is 2. The second-order valence-corrected chi connectivity index (χ2v) is 3.79. The molecule has 0 aliphatic carbocycles. The van der Waals surface area contributed by atoms with Crippen LogP contribution in [0.25, 0.3) is 0 Å². The van der Waals surface area contributed by atoms with Crippen LogP contribution in [0.3, 0.4) is 0 Å². The highest BCUT2D eigenvalue weighted by Gasteiger charge is 1.83. The SMILES string of the molecule is C.C.C.C.CC(C)=O.CCC(C)=O.COC(C)=O.COCC(C)=O. The first-order chi connectivity index (χ1) is 9.04. The number of carbonyl (C=O) groups excluding carboxylic acids is 4. The highest BCUT2D eigenvalue weighted by Crippen LogP contribution is 1.71. The van der Waals surface area contributed by atoms with Gasteiger partial charge in [0.1, 0.15) is 18.2 Å². The lowest BCUT2D eigenvalue weighted by Crippen LogP contribution is -1.98. The summed E-state index contributed by atoms with van der Waals surface area (Å²) in [6.45, 7) is 9.58. The summed E-state index contributed by atoms with van der Waals surface area (Å²) < 4.78 is 8.56. The Labute approximate surface area is 151 Å². The zero-order valence-electron chi connectivity index (χ0n) is 13.9. The van der Waals surface area contributed by atoms with E-state index in [1.807, 2.05) is 6.92 Å². The summed E-state index contributed by atoms with van der Waals surface area (Å²) in [6, 6.07) is 0. The highest BCUT2D eigenvalue weighted by atomic mass is 16.5. The highest BCUT2D eigenvalue weighted by molar-refractivity contribution is 5.76. The summed E-state index contributed by atoms with van der Waals surface area (Å²) in [7, 11) is 2.85. The van der Waals surface area contributed by atoms with Crippen LogP contribution in [-0.4, -0.2) is 44.1 Å². The number of ketones is 3. The Bertz CT molecular complexity index is 255. The third-order valence-electron chi connectivity index (χ3n) is 1.13. The average Bonchev–Trinajstić information content (AvgIpc) is 2.29. The summed E-state index contributed by atoms with van der Waals surface area (Å²) in [5.74, 6) is 0.243. The molecule has 0 radical (unpaired) electrons. The van der Waals surface area contributed by atoms with E-state index in [1.165, 1.54) is 41.9 Å². The van der Waals surface area contributed by atoms with Gasteiger partial charge in [-0.25, -0.2) is 0 Å². The van der Waals surface area contributed by atoms with Crippen molar-refractivity contribution in [3.63, 3.8) is 0 Å². The summed E-state index contributed by atoms with van der Waals surface area (Å²) in [4.78, 5) is 38.8. The van der Waals surface area contributed by atoms with E-state index in [4.69, 9.17) is 0 Å². The van der Waals surface area contributed by atoms with Crippen LogP contribution in [0.2, 0.25) is 0 Å². The Balaban J connectivity index is -0.0000000226.